The number of carbonyl (C=O) groups is 1. The third-order valence-corrected chi connectivity index (χ3v) is 5.95. The zero-order valence-corrected chi connectivity index (χ0v) is 20.8. The number of benzene rings is 4. The number of hydrogen-bond acceptors (Lipinski definition) is 7. The van der Waals surface area contributed by atoms with Crippen molar-refractivity contribution >= 4 is 45.7 Å². The third kappa shape index (κ3) is 5.20. The van der Waals surface area contributed by atoms with Crippen molar-refractivity contribution in [2.24, 2.45) is 0 Å². The Morgan fingerprint density at radius 3 is 2.37 bits per heavy atom. The smallest absolute Gasteiger partial charge is 0.311 e. The average Bonchev–Trinajstić information content (AvgIpc) is 3.36. The maximum atomic E-state index is 12.6. The number of nitro groups is 1. The van der Waals surface area contributed by atoms with Gasteiger partial charge in [0.2, 0.25) is 5.89 Å². The minimum absolute atomic E-state index is 0.0213. The molecule has 0 spiro atoms. The Kier molecular flexibility index (Phi) is 6.79. The first-order chi connectivity index (χ1) is 18.4. The second-order valence-electron chi connectivity index (χ2n) is 8.20. The van der Waals surface area contributed by atoms with Gasteiger partial charge in [0.25, 0.3) is 5.91 Å². The first kappa shape index (κ1) is 24.6. The van der Waals surface area contributed by atoms with Gasteiger partial charge in [0.1, 0.15) is 5.52 Å². The zero-order chi connectivity index (χ0) is 26.6. The standard InChI is InChI=1S/C28H20N4O5S/c1-36-25-13-11-20(15-23(25)32(34)35)26(33)31-28(38)29-21-12-14-24-22(16-21)30-27(37-24)19-9-7-18(8-10-19)17-5-3-2-4-6-17/h2-16H,1H3,(H2,29,31,33,38). The van der Waals surface area contributed by atoms with Gasteiger partial charge < -0.3 is 14.5 Å². The SMILES string of the molecule is COc1ccc(C(=O)NC(=S)Nc2ccc3oc(-c4ccc(-c5ccccc5)cc4)nc3c2)cc1[N+](=O)[O-]. The number of aromatic nitrogens is 1. The van der Waals surface area contributed by atoms with Crippen molar-refractivity contribution in [2.45, 2.75) is 0 Å². The van der Waals surface area contributed by atoms with Gasteiger partial charge in [0.15, 0.2) is 16.4 Å². The molecule has 38 heavy (non-hydrogen) atoms. The Hall–Kier alpha value is -5.09. The van der Waals surface area contributed by atoms with Crippen molar-refractivity contribution in [3.63, 3.8) is 0 Å². The molecule has 0 aliphatic carbocycles. The summed E-state index contributed by atoms with van der Waals surface area (Å²) in [5.41, 5.74) is 4.60. The molecule has 0 aliphatic heterocycles. The molecule has 0 unspecified atom stereocenters. The molecular formula is C28H20N4O5S. The highest BCUT2D eigenvalue weighted by Gasteiger charge is 2.19. The van der Waals surface area contributed by atoms with Gasteiger partial charge in [-0.2, -0.15) is 0 Å². The summed E-state index contributed by atoms with van der Waals surface area (Å²) in [6.07, 6.45) is 0. The van der Waals surface area contributed by atoms with E-state index in [2.05, 4.69) is 27.8 Å². The van der Waals surface area contributed by atoms with Crippen molar-refractivity contribution in [3.05, 3.63) is 107 Å². The normalized spacial score (nSPS) is 10.7. The molecule has 4 aromatic carbocycles. The van der Waals surface area contributed by atoms with Crippen LogP contribution in [0, 0.1) is 10.1 Å². The average molecular weight is 525 g/mol. The Balaban J connectivity index is 1.28. The van der Waals surface area contributed by atoms with Crippen LogP contribution in [0.4, 0.5) is 11.4 Å². The number of nitrogens with zero attached hydrogens (tertiary/aromatic N) is 2. The molecule has 1 aromatic heterocycles. The predicted octanol–water partition coefficient (Wildman–Crippen LogP) is 6.21. The van der Waals surface area contributed by atoms with E-state index in [4.69, 9.17) is 21.4 Å². The van der Waals surface area contributed by atoms with Gasteiger partial charge in [-0.15, -0.1) is 0 Å². The van der Waals surface area contributed by atoms with E-state index in [-0.39, 0.29) is 22.1 Å². The molecular weight excluding hydrogens is 504 g/mol. The molecule has 0 fully saturated rings. The lowest BCUT2D eigenvalue weighted by molar-refractivity contribution is -0.385. The number of methoxy groups -OCH3 is 1. The number of fused-ring (bicyclic) bond motifs is 1. The number of carbonyl (C=O) groups excluding carboxylic acids is 1. The Labute approximate surface area is 222 Å². The second-order valence-corrected chi connectivity index (χ2v) is 8.61. The summed E-state index contributed by atoms with van der Waals surface area (Å²) in [5.74, 6) is -0.0644. The lowest BCUT2D eigenvalue weighted by Gasteiger charge is -2.10. The van der Waals surface area contributed by atoms with Gasteiger partial charge in [0.05, 0.1) is 12.0 Å². The number of thiocarbonyl (C=S) groups is 1. The number of nitro benzene ring substituents is 1. The van der Waals surface area contributed by atoms with Crippen molar-refractivity contribution in [1.82, 2.24) is 10.3 Å². The summed E-state index contributed by atoms with van der Waals surface area (Å²) in [4.78, 5) is 27.8. The van der Waals surface area contributed by atoms with Crippen LogP contribution in [0.3, 0.4) is 0 Å². The molecule has 2 N–H and O–H groups in total. The van der Waals surface area contributed by atoms with E-state index < -0.39 is 10.8 Å². The largest absolute Gasteiger partial charge is 0.490 e. The van der Waals surface area contributed by atoms with E-state index >= 15 is 0 Å². The van der Waals surface area contributed by atoms with E-state index in [1.165, 1.54) is 19.2 Å². The van der Waals surface area contributed by atoms with Crippen molar-refractivity contribution in [1.29, 1.82) is 0 Å². The summed E-state index contributed by atoms with van der Waals surface area (Å²) in [6.45, 7) is 0. The van der Waals surface area contributed by atoms with Gasteiger partial charge in [-0.1, -0.05) is 42.5 Å². The summed E-state index contributed by atoms with van der Waals surface area (Å²) >= 11 is 5.26. The molecule has 5 rings (SSSR count). The van der Waals surface area contributed by atoms with Gasteiger partial charge in [0, 0.05) is 22.9 Å². The third-order valence-electron chi connectivity index (χ3n) is 5.75. The molecule has 0 aliphatic rings. The van der Waals surface area contributed by atoms with Crippen LogP contribution in [-0.2, 0) is 0 Å². The monoisotopic (exact) mass is 524 g/mol. The van der Waals surface area contributed by atoms with Crippen LogP contribution in [0.25, 0.3) is 33.7 Å². The molecule has 1 heterocycles. The highest BCUT2D eigenvalue weighted by atomic mass is 32.1. The summed E-state index contributed by atoms with van der Waals surface area (Å²) < 4.78 is 10.9. The minimum Gasteiger partial charge on any atom is -0.490 e. The van der Waals surface area contributed by atoms with Gasteiger partial charge in [-0.05, 0) is 65.8 Å². The first-order valence-electron chi connectivity index (χ1n) is 11.4. The Bertz CT molecular complexity index is 1670. The fourth-order valence-corrected chi connectivity index (χ4v) is 4.09. The van der Waals surface area contributed by atoms with E-state index in [0.717, 1.165) is 22.8 Å². The van der Waals surface area contributed by atoms with Crippen LogP contribution < -0.4 is 15.4 Å². The molecule has 0 saturated carbocycles. The van der Waals surface area contributed by atoms with E-state index in [0.29, 0.717) is 22.7 Å². The van der Waals surface area contributed by atoms with Gasteiger partial charge in [-0.3, -0.25) is 20.2 Å². The van der Waals surface area contributed by atoms with Crippen LogP contribution in [0.2, 0.25) is 0 Å². The number of ether oxygens (including phenoxy) is 1. The predicted molar refractivity (Wildman–Crippen MR) is 148 cm³/mol. The minimum atomic E-state index is -0.620. The molecule has 0 atom stereocenters. The number of nitrogens with one attached hydrogen (secondary N) is 2. The van der Waals surface area contributed by atoms with E-state index in [1.807, 2.05) is 42.5 Å². The van der Waals surface area contributed by atoms with E-state index in [9.17, 15) is 14.9 Å². The summed E-state index contributed by atoms with van der Waals surface area (Å²) in [7, 11) is 1.32. The van der Waals surface area contributed by atoms with Crippen LogP contribution in [0.5, 0.6) is 5.75 Å². The highest BCUT2D eigenvalue weighted by Crippen LogP contribution is 2.29. The fourth-order valence-electron chi connectivity index (χ4n) is 3.88. The number of oxazole rings is 1. The van der Waals surface area contributed by atoms with Crippen molar-refractivity contribution in [2.75, 3.05) is 12.4 Å². The van der Waals surface area contributed by atoms with Gasteiger partial charge >= 0.3 is 5.69 Å². The molecule has 188 valence electrons. The molecule has 1 amide bonds. The maximum absolute atomic E-state index is 12.6. The number of anilines is 1. The first-order valence-corrected chi connectivity index (χ1v) is 11.8. The fraction of sp³-hybridized carbons (Fsp3) is 0.0357. The second kappa shape index (κ2) is 10.5. The highest BCUT2D eigenvalue weighted by molar-refractivity contribution is 7.80. The van der Waals surface area contributed by atoms with Crippen LogP contribution >= 0.6 is 12.2 Å². The number of hydrogen-bond donors (Lipinski definition) is 2. The number of amides is 1. The molecule has 9 nitrogen and oxygen atoms in total. The van der Waals surface area contributed by atoms with Crippen molar-refractivity contribution in [3.8, 4) is 28.3 Å². The molecule has 0 bridgehead atoms. The number of rotatable bonds is 6. The lowest BCUT2D eigenvalue weighted by atomic mass is 10.0. The topological polar surface area (TPSA) is 120 Å². The zero-order valence-electron chi connectivity index (χ0n) is 20.0. The van der Waals surface area contributed by atoms with Gasteiger partial charge in [-0.25, -0.2) is 4.98 Å². The quantitative estimate of drug-likeness (QED) is 0.153. The lowest BCUT2D eigenvalue weighted by Crippen LogP contribution is -2.34. The summed E-state index contributed by atoms with van der Waals surface area (Å²) in [6, 6.07) is 27.2. The molecule has 10 heteroatoms. The van der Waals surface area contributed by atoms with Crippen LogP contribution in [0.1, 0.15) is 10.4 Å². The van der Waals surface area contributed by atoms with Crippen molar-refractivity contribution < 1.29 is 18.9 Å². The van der Waals surface area contributed by atoms with E-state index in [1.54, 1.807) is 18.2 Å². The Morgan fingerprint density at radius 1 is 0.947 bits per heavy atom. The maximum Gasteiger partial charge on any atom is 0.311 e. The molecule has 0 radical (unpaired) electrons. The molecule has 5 aromatic rings. The van der Waals surface area contributed by atoms with Crippen LogP contribution in [-0.4, -0.2) is 28.0 Å². The molecule has 0 saturated heterocycles. The van der Waals surface area contributed by atoms with Crippen LogP contribution in [0.15, 0.2) is 95.4 Å². The Morgan fingerprint density at radius 2 is 1.66 bits per heavy atom. The summed E-state index contributed by atoms with van der Waals surface area (Å²) in [5, 5.41) is 16.7.